The van der Waals surface area contributed by atoms with Gasteiger partial charge in [0.25, 0.3) is 0 Å². The molecule has 3 nitrogen and oxygen atoms in total. The first-order valence-electron chi connectivity index (χ1n) is 20.1. The first kappa shape index (κ1) is 32.2. The van der Waals surface area contributed by atoms with E-state index in [0.717, 1.165) is 53.3 Å². The Balaban J connectivity index is 1.01. The fourth-order valence-corrected chi connectivity index (χ4v) is 9.58. The van der Waals surface area contributed by atoms with Gasteiger partial charge in [-0.15, -0.1) is 0 Å². The number of benzene rings is 7. The van der Waals surface area contributed by atoms with Gasteiger partial charge in [0.15, 0.2) is 0 Å². The van der Waals surface area contributed by atoms with Crippen LogP contribution in [-0.4, -0.2) is 9.13 Å². The van der Waals surface area contributed by atoms with Crippen LogP contribution in [0.2, 0.25) is 0 Å². The van der Waals surface area contributed by atoms with Crippen LogP contribution in [0.25, 0.3) is 101 Å². The van der Waals surface area contributed by atoms with Gasteiger partial charge in [-0.05, 0) is 137 Å². The lowest BCUT2D eigenvalue weighted by molar-refractivity contribution is 0.669. The molecular formula is C54H38N2O. The molecule has 0 N–H and O–H groups in total. The zero-order valence-corrected chi connectivity index (χ0v) is 31.5. The van der Waals surface area contributed by atoms with E-state index < -0.39 is 0 Å². The van der Waals surface area contributed by atoms with Gasteiger partial charge >= 0.3 is 0 Å². The summed E-state index contributed by atoms with van der Waals surface area (Å²) in [5, 5.41) is 4.93. The van der Waals surface area contributed by atoms with Gasteiger partial charge in [0.2, 0.25) is 0 Å². The molecule has 0 spiro atoms. The number of nitrogens with zero attached hydrogens (tertiary/aromatic N) is 2. The lowest BCUT2D eigenvalue weighted by Gasteiger charge is -2.17. The molecule has 0 saturated heterocycles. The smallest absolute Gasteiger partial charge is 0.135 e. The van der Waals surface area contributed by atoms with Crippen LogP contribution in [0.15, 0.2) is 174 Å². The summed E-state index contributed by atoms with van der Waals surface area (Å²) in [4.78, 5) is 0. The minimum atomic E-state index is 0.921. The minimum absolute atomic E-state index is 0.921. The van der Waals surface area contributed by atoms with Crippen molar-refractivity contribution in [1.82, 2.24) is 9.13 Å². The fourth-order valence-electron chi connectivity index (χ4n) is 9.58. The van der Waals surface area contributed by atoms with Crippen LogP contribution in [-0.2, 0) is 12.8 Å². The summed E-state index contributed by atoms with van der Waals surface area (Å²) in [6.45, 7) is 0. The summed E-state index contributed by atoms with van der Waals surface area (Å²) in [6, 6.07) is 57.8. The predicted octanol–water partition coefficient (Wildman–Crippen LogP) is 14.4. The van der Waals surface area contributed by atoms with Crippen LogP contribution in [0, 0.1) is 0 Å². The van der Waals surface area contributed by atoms with Crippen LogP contribution in [0.5, 0.6) is 0 Å². The molecule has 0 aliphatic heterocycles. The Morgan fingerprint density at radius 3 is 1.82 bits per heavy atom. The maximum atomic E-state index is 6.20. The van der Waals surface area contributed by atoms with Gasteiger partial charge in [0, 0.05) is 49.9 Å². The number of rotatable bonds is 5. The summed E-state index contributed by atoms with van der Waals surface area (Å²) in [6.07, 6.45) is 13.5. The highest BCUT2D eigenvalue weighted by Crippen LogP contribution is 2.41. The van der Waals surface area contributed by atoms with Crippen molar-refractivity contribution in [2.75, 3.05) is 0 Å². The molecule has 3 heteroatoms. The summed E-state index contributed by atoms with van der Waals surface area (Å²) in [5.41, 5.74) is 19.5. The molecule has 0 saturated carbocycles. The summed E-state index contributed by atoms with van der Waals surface area (Å²) < 4.78 is 11.2. The maximum Gasteiger partial charge on any atom is 0.135 e. The van der Waals surface area contributed by atoms with Gasteiger partial charge in [0.05, 0.1) is 11.0 Å². The molecule has 12 rings (SSSR count). The molecule has 2 aliphatic carbocycles. The molecular weight excluding hydrogens is 693 g/mol. The quantitative estimate of drug-likeness (QED) is 0.173. The van der Waals surface area contributed by atoms with Gasteiger partial charge in [-0.2, -0.15) is 0 Å². The number of fused-ring (bicyclic) bond motifs is 9. The van der Waals surface area contributed by atoms with Crippen LogP contribution in [0.1, 0.15) is 35.4 Å². The summed E-state index contributed by atoms with van der Waals surface area (Å²) in [7, 11) is 0. The van der Waals surface area contributed by atoms with Crippen molar-refractivity contribution in [3.05, 3.63) is 192 Å². The molecule has 3 heterocycles. The van der Waals surface area contributed by atoms with Gasteiger partial charge in [-0.25, -0.2) is 0 Å². The van der Waals surface area contributed by atoms with E-state index in [1.54, 1.807) is 0 Å². The normalized spacial score (nSPS) is 13.5. The molecule has 0 fully saturated rings. The number of allylic oxidation sites excluding steroid dienone is 2. The van der Waals surface area contributed by atoms with Crippen molar-refractivity contribution < 1.29 is 4.42 Å². The third-order valence-corrected chi connectivity index (χ3v) is 12.2. The lowest BCUT2D eigenvalue weighted by Crippen LogP contribution is -2.03. The van der Waals surface area contributed by atoms with Crippen molar-refractivity contribution in [1.29, 1.82) is 0 Å². The van der Waals surface area contributed by atoms with E-state index in [2.05, 4.69) is 185 Å². The molecule has 10 aromatic rings. The number of para-hydroxylation sites is 1. The van der Waals surface area contributed by atoms with Crippen molar-refractivity contribution in [2.24, 2.45) is 0 Å². The molecule has 3 aromatic heterocycles. The Morgan fingerprint density at radius 2 is 1.05 bits per heavy atom. The second kappa shape index (κ2) is 12.7. The highest BCUT2D eigenvalue weighted by molar-refractivity contribution is 6.06. The highest BCUT2D eigenvalue weighted by atomic mass is 16.3. The molecule has 2 aliphatic rings. The Labute approximate surface area is 331 Å². The van der Waals surface area contributed by atoms with Gasteiger partial charge in [-0.1, -0.05) is 109 Å². The zero-order chi connectivity index (χ0) is 37.5. The molecule has 0 atom stereocenters. The van der Waals surface area contributed by atoms with E-state index in [4.69, 9.17) is 4.42 Å². The molecule has 270 valence electrons. The molecule has 0 radical (unpaired) electrons. The third kappa shape index (κ3) is 5.12. The topological polar surface area (TPSA) is 23.0 Å². The van der Waals surface area contributed by atoms with Crippen molar-refractivity contribution in [2.45, 2.75) is 25.7 Å². The maximum absolute atomic E-state index is 6.20. The third-order valence-electron chi connectivity index (χ3n) is 12.2. The Hall–Kier alpha value is -7.10. The fraction of sp³-hybridized carbons (Fsp3) is 0.0741. The van der Waals surface area contributed by atoms with E-state index >= 15 is 0 Å². The molecule has 57 heavy (non-hydrogen) atoms. The van der Waals surface area contributed by atoms with E-state index in [9.17, 15) is 0 Å². The SMILES string of the molecule is C1=Cc2c(c3cc(-c4ccc5c(c4)c4c(n5-c5cc(-c6ccccc6)cc(-c6ccccc6)c5)CCC=C4)ccc3n2-c2ccc3oc4ccccc4c3c2)CC1. The Kier molecular flexibility index (Phi) is 7.18. The second-order valence-corrected chi connectivity index (χ2v) is 15.5. The van der Waals surface area contributed by atoms with E-state index in [-0.39, 0.29) is 0 Å². The molecule has 0 bridgehead atoms. The number of aryl methyl sites for hydroxylation is 1. The van der Waals surface area contributed by atoms with Crippen LogP contribution in [0.3, 0.4) is 0 Å². The molecule has 0 unspecified atom stereocenters. The molecule has 7 aromatic carbocycles. The lowest BCUT2D eigenvalue weighted by atomic mass is 9.96. The van der Waals surface area contributed by atoms with Crippen molar-refractivity contribution in [3.8, 4) is 44.8 Å². The second-order valence-electron chi connectivity index (χ2n) is 15.5. The Bertz CT molecular complexity index is 3220. The van der Waals surface area contributed by atoms with Crippen molar-refractivity contribution in [3.63, 3.8) is 0 Å². The van der Waals surface area contributed by atoms with Crippen LogP contribution < -0.4 is 0 Å². The number of hydrogen-bond donors (Lipinski definition) is 0. The minimum Gasteiger partial charge on any atom is -0.456 e. The largest absolute Gasteiger partial charge is 0.456 e. The zero-order valence-electron chi connectivity index (χ0n) is 31.5. The first-order chi connectivity index (χ1) is 28.2. The number of hydrogen-bond acceptors (Lipinski definition) is 1. The van der Waals surface area contributed by atoms with Crippen molar-refractivity contribution >= 4 is 55.9 Å². The van der Waals surface area contributed by atoms with E-state index in [1.807, 2.05) is 6.07 Å². The van der Waals surface area contributed by atoms with E-state index in [0.29, 0.717) is 0 Å². The summed E-state index contributed by atoms with van der Waals surface area (Å²) in [5.74, 6) is 0. The van der Waals surface area contributed by atoms with Crippen LogP contribution in [0.4, 0.5) is 0 Å². The average molecular weight is 731 g/mol. The van der Waals surface area contributed by atoms with Crippen LogP contribution >= 0.6 is 0 Å². The number of aromatic nitrogens is 2. The van der Waals surface area contributed by atoms with Gasteiger partial charge < -0.3 is 13.6 Å². The van der Waals surface area contributed by atoms with Gasteiger partial charge in [-0.3, -0.25) is 0 Å². The monoisotopic (exact) mass is 730 g/mol. The average Bonchev–Trinajstić information content (AvgIpc) is 3.94. The molecule has 0 amide bonds. The highest BCUT2D eigenvalue weighted by Gasteiger charge is 2.23. The summed E-state index contributed by atoms with van der Waals surface area (Å²) >= 11 is 0. The Morgan fingerprint density at radius 1 is 0.404 bits per heavy atom. The number of furan rings is 1. The first-order valence-corrected chi connectivity index (χ1v) is 20.1. The van der Waals surface area contributed by atoms with Gasteiger partial charge in [0.1, 0.15) is 11.2 Å². The standard InChI is InChI=1S/C54H38N2O/c1-3-13-35(14-4-1)39-29-40(36-15-5-2-6-16-36)31-42(30-39)56-50-21-11-8-18-44(50)47-33-38(24-27-52(47)56)37-23-26-51-46(32-37)43-17-7-10-20-49(43)55(51)41-25-28-54-48(34-41)45-19-9-12-22-53(45)57-54/h1-6,8-10,12-16,18-20,22-34H,7,11,17,21H2. The van der Waals surface area contributed by atoms with E-state index in [1.165, 1.54) is 83.4 Å². The predicted molar refractivity (Wildman–Crippen MR) is 238 cm³/mol.